The number of ether oxygens (including phenoxy) is 1. The van der Waals surface area contributed by atoms with Gasteiger partial charge in [-0.2, -0.15) is 0 Å². The van der Waals surface area contributed by atoms with Gasteiger partial charge in [-0.05, 0) is 30.9 Å². The second-order valence-electron chi connectivity index (χ2n) is 8.88. The first-order chi connectivity index (χ1) is 18.8. The Labute approximate surface area is 233 Å². The number of hydrogen-bond donors (Lipinski definition) is 6. The lowest BCUT2D eigenvalue weighted by Crippen LogP contribution is -2.78. The third kappa shape index (κ3) is 12.7. The van der Waals surface area contributed by atoms with Crippen LogP contribution in [0.25, 0.3) is 0 Å². The molecule has 222 valence electrons. The summed E-state index contributed by atoms with van der Waals surface area (Å²) in [5, 5.41) is 2.51. The van der Waals surface area contributed by atoms with Crippen LogP contribution in [0.1, 0.15) is 36.8 Å². The van der Waals surface area contributed by atoms with Gasteiger partial charge < -0.3 is 25.5 Å². The molecule has 0 aliphatic rings. The molecule has 15 nitrogen and oxygen atoms in total. The van der Waals surface area contributed by atoms with E-state index in [0.717, 1.165) is 4.90 Å². The van der Waals surface area contributed by atoms with Crippen molar-refractivity contribution in [2.24, 2.45) is 22.2 Å². The number of aldehydes is 1. The van der Waals surface area contributed by atoms with E-state index in [1.54, 1.807) is 24.3 Å². The molecular formula is C24H39N8O7S+. The number of rotatable bonds is 17. The van der Waals surface area contributed by atoms with Gasteiger partial charge in [0, 0.05) is 26.1 Å². The predicted molar refractivity (Wildman–Crippen MR) is 148 cm³/mol. The van der Waals surface area contributed by atoms with Crippen molar-refractivity contribution >= 4 is 45.9 Å². The number of sulfonamides is 1. The second kappa shape index (κ2) is 16.8. The van der Waals surface area contributed by atoms with E-state index in [-0.39, 0.29) is 24.6 Å². The van der Waals surface area contributed by atoms with Gasteiger partial charge >= 0.3 is 11.9 Å². The lowest BCUT2D eigenvalue weighted by Gasteiger charge is -2.24. The number of nitrogens with zero attached hydrogens (tertiary/aromatic N) is 2. The zero-order valence-corrected chi connectivity index (χ0v) is 23.7. The number of carbonyl (C=O) groups excluding carboxylic acids is 4. The van der Waals surface area contributed by atoms with Crippen LogP contribution in [0.5, 0.6) is 0 Å². The fourth-order valence-corrected chi connectivity index (χ4v) is 4.92. The van der Waals surface area contributed by atoms with E-state index >= 15 is 0 Å². The third-order valence-corrected chi connectivity index (χ3v) is 6.95. The molecule has 2 atom stereocenters. The maximum atomic E-state index is 13.2. The van der Waals surface area contributed by atoms with Crippen LogP contribution in [0.3, 0.4) is 0 Å². The summed E-state index contributed by atoms with van der Waals surface area (Å²) in [6.45, 7) is -0.0636. The lowest BCUT2D eigenvalue weighted by atomic mass is 10.1. The molecular weight excluding hydrogens is 544 g/mol. The smallest absolute Gasteiger partial charge is 0.338 e. The number of guanidine groups is 1. The first-order valence-corrected chi connectivity index (χ1v) is 14.0. The molecule has 2 amide bonds. The second-order valence-corrected chi connectivity index (χ2v) is 10.6. The molecule has 0 heterocycles. The van der Waals surface area contributed by atoms with Crippen LogP contribution in [0.15, 0.2) is 29.3 Å². The van der Waals surface area contributed by atoms with Crippen molar-refractivity contribution in [3.8, 4) is 0 Å². The quantitative estimate of drug-likeness (QED) is 0.0341. The molecule has 1 aromatic rings. The van der Waals surface area contributed by atoms with E-state index in [9.17, 15) is 27.6 Å². The Bertz CT molecular complexity index is 1200. The van der Waals surface area contributed by atoms with Crippen molar-refractivity contribution in [2.45, 2.75) is 43.5 Å². The summed E-state index contributed by atoms with van der Waals surface area (Å²) in [7, 11) is -0.115. The first-order valence-electron chi connectivity index (χ1n) is 12.3. The number of amidine groups is 1. The minimum absolute atomic E-state index is 0.0355. The van der Waals surface area contributed by atoms with Crippen molar-refractivity contribution < 1.29 is 37.3 Å². The molecule has 0 radical (unpaired) electrons. The van der Waals surface area contributed by atoms with E-state index in [4.69, 9.17) is 17.2 Å². The Morgan fingerprint density at radius 2 is 1.90 bits per heavy atom. The number of nitrogens with one attached hydrogen (secondary N) is 3. The zero-order chi connectivity index (χ0) is 30.3. The molecule has 40 heavy (non-hydrogen) atoms. The standard InChI is InChI=1S/C24H38N8O7S/c1-28-22(25)17-7-4-6-16(12-17)15-40(37,38)31-19(9-10-21(35)39-3)23(36)32(2)13-20(34)30-18(14-33)8-5-11-29-24(26)27/h4,6-7,12,14,18-19,31H,5,8-11,13,15H2,1-3H3,(H2,25,28)(H,30,34)(H4,26,27,29)/p+1. The van der Waals surface area contributed by atoms with Crippen LogP contribution in [0.4, 0.5) is 0 Å². The average molecular weight is 584 g/mol. The lowest BCUT2D eigenvalue weighted by molar-refractivity contribution is -0.459. The van der Waals surface area contributed by atoms with E-state index in [1.807, 2.05) is 0 Å². The number of nitrogens with two attached hydrogens (primary N) is 3. The first kappa shape index (κ1) is 34.0. The SMILES string of the molecule is CN=C(N)c1cccc(CS(=O)(=O)NC(CCC(=O)OC)C(=O)N(C)CC(=O)NC(C=O)CCC[NH+]=C(N)N)c1. The number of amides is 2. The van der Waals surface area contributed by atoms with Crippen molar-refractivity contribution in [1.29, 1.82) is 0 Å². The summed E-state index contributed by atoms with van der Waals surface area (Å²) in [6.07, 6.45) is 0.884. The van der Waals surface area contributed by atoms with Crippen molar-refractivity contribution in [3.05, 3.63) is 35.4 Å². The number of benzene rings is 1. The molecule has 0 bridgehead atoms. The molecule has 2 unspecified atom stereocenters. The highest BCUT2D eigenvalue weighted by Crippen LogP contribution is 2.12. The number of carbonyl (C=O) groups is 4. The molecule has 0 fully saturated rings. The zero-order valence-electron chi connectivity index (χ0n) is 22.9. The highest BCUT2D eigenvalue weighted by atomic mass is 32.2. The van der Waals surface area contributed by atoms with Gasteiger partial charge in [0.05, 0.1) is 32.0 Å². The van der Waals surface area contributed by atoms with Crippen LogP contribution >= 0.6 is 0 Å². The van der Waals surface area contributed by atoms with Crippen molar-refractivity contribution in [1.82, 2.24) is 14.9 Å². The minimum atomic E-state index is -4.09. The highest BCUT2D eigenvalue weighted by Gasteiger charge is 2.29. The summed E-state index contributed by atoms with van der Waals surface area (Å²) in [5.74, 6) is -2.24. The molecule has 0 saturated heterocycles. The van der Waals surface area contributed by atoms with Crippen LogP contribution in [-0.4, -0.2) is 95.6 Å². The van der Waals surface area contributed by atoms with Crippen LogP contribution in [0.2, 0.25) is 0 Å². The number of likely N-dealkylation sites (N-methyl/N-ethyl adjacent to an activating group) is 1. The molecule has 0 saturated carbocycles. The van der Waals surface area contributed by atoms with Gasteiger partial charge in [-0.3, -0.25) is 35.8 Å². The monoisotopic (exact) mass is 583 g/mol. The number of aliphatic imine (C=N–C) groups is 1. The minimum Gasteiger partial charge on any atom is -0.469 e. The molecule has 0 aromatic heterocycles. The van der Waals surface area contributed by atoms with E-state index in [2.05, 4.69) is 24.8 Å². The highest BCUT2D eigenvalue weighted by molar-refractivity contribution is 7.88. The fourth-order valence-electron chi connectivity index (χ4n) is 3.57. The Balaban J connectivity index is 2.93. The molecule has 16 heteroatoms. The van der Waals surface area contributed by atoms with Crippen LogP contribution < -0.4 is 32.2 Å². The van der Waals surface area contributed by atoms with Gasteiger partial charge in [0.1, 0.15) is 18.2 Å². The van der Waals surface area contributed by atoms with Crippen molar-refractivity contribution in [3.63, 3.8) is 0 Å². The summed E-state index contributed by atoms with van der Waals surface area (Å²) < 4.78 is 32.9. The maximum Gasteiger partial charge on any atom is 0.338 e. The van der Waals surface area contributed by atoms with Gasteiger partial charge in [0.15, 0.2) is 0 Å². The van der Waals surface area contributed by atoms with E-state index in [1.165, 1.54) is 21.2 Å². The third-order valence-electron chi connectivity index (χ3n) is 5.59. The van der Waals surface area contributed by atoms with Crippen molar-refractivity contribution in [2.75, 3.05) is 34.3 Å². The van der Waals surface area contributed by atoms with Gasteiger partial charge in [-0.25, -0.2) is 13.1 Å². The Morgan fingerprint density at radius 3 is 2.50 bits per heavy atom. The summed E-state index contributed by atoms with van der Waals surface area (Å²) in [5.41, 5.74) is 17.3. The molecule has 9 N–H and O–H groups in total. The summed E-state index contributed by atoms with van der Waals surface area (Å²) in [4.78, 5) is 56.3. The molecule has 1 rings (SSSR count). The largest absolute Gasteiger partial charge is 0.469 e. The fraction of sp³-hybridized carbons (Fsp3) is 0.500. The maximum absolute atomic E-state index is 13.2. The van der Waals surface area contributed by atoms with Gasteiger partial charge in [-0.1, -0.05) is 18.2 Å². The average Bonchev–Trinajstić information content (AvgIpc) is 2.91. The van der Waals surface area contributed by atoms with Crippen LogP contribution in [0, 0.1) is 0 Å². The normalized spacial score (nSPS) is 13.0. The molecule has 0 aliphatic heterocycles. The van der Waals surface area contributed by atoms with Gasteiger partial charge in [0.2, 0.25) is 21.8 Å². The Hall–Kier alpha value is -4.05. The summed E-state index contributed by atoms with van der Waals surface area (Å²) >= 11 is 0. The molecule has 0 spiro atoms. The number of methoxy groups -OCH3 is 1. The van der Waals surface area contributed by atoms with Crippen LogP contribution in [-0.2, 0) is 39.7 Å². The van der Waals surface area contributed by atoms with E-state index < -0.39 is 52.2 Å². The topological polar surface area (TPSA) is 243 Å². The van der Waals surface area contributed by atoms with Gasteiger partial charge in [0.25, 0.3) is 0 Å². The Kier molecular flexibility index (Phi) is 14.3. The summed E-state index contributed by atoms with van der Waals surface area (Å²) in [6, 6.07) is 4.27. The Morgan fingerprint density at radius 1 is 1.20 bits per heavy atom. The predicted octanol–water partition coefficient (Wildman–Crippen LogP) is -3.96. The number of hydrogen-bond acceptors (Lipinski definition) is 8. The molecule has 1 aromatic carbocycles. The van der Waals surface area contributed by atoms with E-state index in [0.29, 0.717) is 36.8 Å². The van der Waals surface area contributed by atoms with Gasteiger partial charge in [-0.15, -0.1) is 0 Å². The number of esters is 1. The molecule has 0 aliphatic carbocycles.